The van der Waals surface area contributed by atoms with Gasteiger partial charge < -0.3 is 0 Å². The molecule has 1 fully saturated rings. The molecule has 0 spiro atoms. The molecule has 12 heteroatoms. The van der Waals surface area contributed by atoms with Crippen LogP contribution >= 0.6 is 0 Å². The number of sulfone groups is 1. The van der Waals surface area contributed by atoms with Crippen LogP contribution in [0, 0.1) is 11.7 Å². The normalized spacial score (nSPS) is 23.8. The molecule has 180 valence electrons. The Morgan fingerprint density at radius 1 is 0.879 bits per heavy atom. The molecule has 2 atom stereocenters. The Morgan fingerprint density at radius 3 is 2.06 bits per heavy atom. The second-order valence-corrected chi connectivity index (χ2v) is 10.5. The number of alkyl halides is 7. The van der Waals surface area contributed by atoms with Crippen molar-refractivity contribution < 1.29 is 43.5 Å². The zero-order valence-corrected chi connectivity index (χ0v) is 17.6. The van der Waals surface area contributed by atoms with Gasteiger partial charge in [-0.05, 0) is 67.5 Å². The van der Waals surface area contributed by atoms with Gasteiger partial charge in [-0.1, -0.05) is 12.5 Å². The Hall–Kier alpha value is -2.24. The van der Waals surface area contributed by atoms with Gasteiger partial charge in [0.05, 0.1) is 10.6 Å². The van der Waals surface area contributed by atoms with Gasteiger partial charge in [-0.25, -0.2) is 17.2 Å². The number of aromatic nitrogens is 1. The van der Waals surface area contributed by atoms with E-state index >= 15 is 0 Å². The molecule has 1 aromatic carbocycles. The summed E-state index contributed by atoms with van der Waals surface area (Å²) in [6, 6.07) is 5.10. The van der Waals surface area contributed by atoms with Crippen molar-refractivity contribution in [3.05, 3.63) is 59.2 Å². The molecule has 0 radical (unpaired) electrons. The lowest BCUT2D eigenvalue weighted by Gasteiger charge is -2.40. The summed E-state index contributed by atoms with van der Waals surface area (Å²) in [6.07, 6.45) is -11.6. The van der Waals surface area contributed by atoms with Crippen LogP contribution in [0.5, 0.6) is 0 Å². The number of hydrogen-bond acceptors (Lipinski definition) is 3. The van der Waals surface area contributed by atoms with Crippen molar-refractivity contribution in [2.75, 3.05) is 0 Å². The van der Waals surface area contributed by atoms with E-state index in [4.69, 9.17) is 0 Å². The fraction of sp³-hybridized carbons (Fsp3) is 0.476. The summed E-state index contributed by atoms with van der Waals surface area (Å²) < 4.78 is 133. The second kappa shape index (κ2) is 7.38. The highest BCUT2D eigenvalue weighted by Crippen LogP contribution is 2.58. The third-order valence-electron chi connectivity index (χ3n) is 6.66. The third-order valence-corrected chi connectivity index (χ3v) is 9.27. The molecule has 1 heterocycles. The number of hydrogen-bond donors (Lipinski definition) is 0. The van der Waals surface area contributed by atoms with E-state index in [1.807, 2.05) is 0 Å². The van der Waals surface area contributed by atoms with E-state index in [1.165, 1.54) is 0 Å². The monoisotopic (exact) mass is 499 g/mol. The first-order valence-electron chi connectivity index (χ1n) is 9.99. The Kier molecular flexibility index (Phi) is 5.34. The average Bonchev–Trinajstić information content (AvgIpc) is 3.17. The molecule has 2 unspecified atom stereocenters. The number of fused-ring (bicyclic) bond motifs is 3. The van der Waals surface area contributed by atoms with Crippen LogP contribution < -0.4 is 0 Å². The van der Waals surface area contributed by atoms with Gasteiger partial charge >= 0.3 is 18.0 Å². The van der Waals surface area contributed by atoms with Crippen LogP contribution in [0.25, 0.3) is 0 Å². The molecule has 0 aliphatic heterocycles. The van der Waals surface area contributed by atoms with E-state index in [0.717, 1.165) is 30.3 Å². The lowest BCUT2D eigenvalue weighted by Crippen LogP contribution is -2.51. The molecule has 0 N–H and O–H groups in total. The molecular weight excluding hydrogens is 482 g/mol. The summed E-state index contributed by atoms with van der Waals surface area (Å²) in [6.45, 7) is 0. The minimum atomic E-state index is -6.32. The van der Waals surface area contributed by atoms with Gasteiger partial charge in [-0.15, -0.1) is 0 Å². The number of pyridine rings is 1. The molecule has 2 aliphatic carbocycles. The van der Waals surface area contributed by atoms with Gasteiger partial charge in [0.1, 0.15) is 10.6 Å². The zero-order valence-electron chi connectivity index (χ0n) is 16.8. The Balaban J connectivity index is 1.92. The molecule has 4 rings (SSSR count). The molecule has 3 nitrogen and oxygen atoms in total. The minimum absolute atomic E-state index is 0.0315. The predicted molar refractivity (Wildman–Crippen MR) is 100 cm³/mol. The fourth-order valence-electron chi connectivity index (χ4n) is 5.13. The number of rotatable bonds is 3. The maximum Gasteiger partial charge on any atom is 0.437 e. The third kappa shape index (κ3) is 3.27. The summed E-state index contributed by atoms with van der Waals surface area (Å²) >= 11 is 0. The minimum Gasteiger partial charge on any atom is -0.253 e. The first-order valence-corrected chi connectivity index (χ1v) is 11.5. The maximum absolute atomic E-state index is 14.5. The number of benzene rings is 1. The van der Waals surface area contributed by atoms with Gasteiger partial charge in [0.25, 0.3) is 0 Å². The predicted octanol–water partition coefficient (Wildman–Crippen LogP) is 5.93. The van der Waals surface area contributed by atoms with Crippen LogP contribution in [-0.4, -0.2) is 25.8 Å². The first-order chi connectivity index (χ1) is 15.2. The molecular formula is C21H17F8NO2S. The van der Waals surface area contributed by atoms with Crippen molar-refractivity contribution in [3.8, 4) is 0 Å². The Morgan fingerprint density at radius 2 is 1.48 bits per heavy atom. The molecule has 1 aromatic heterocycles. The van der Waals surface area contributed by atoms with E-state index in [9.17, 15) is 43.5 Å². The summed E-state index contributed by atoms with van der Waals surface area (Å²) in [5.41, 5.74) is -7.93. The lowest BCUT2D eigenvalue weighted by molar-refractivity contribution is -0.350. The largest absolute Gasteiger partial charge is 0.437 e. The molecule has 1 saturated carbocycles. The van der Waals surface area contributed by atoms with Crippen molar-refractivity contribution in [2.24, 2.45) is 5.92 Å². The van der Waals surface area contributed by atoms with Crippen molar-refractivity contribution >= 4 is 9.84 Å². The summed E-state index contributed by atoms with van der Waals surface area (Å²) in [5, 5.41) is 0. The van der Waals surface area contributed by atoms with E-state index < -0.39 is 50.0 Å². The lowest BCUT2D eigenvalue weighted by atomic mass is 9.77. The summed E-state index contributed by atoms with van der Waals surface area (Å²) in [7, 11) is -4.24. The highest BCUT2D eigenvalue weighted by atomic mass is 32.2. The Bertz CT molecular complexity index is 1160. The summed E-state index contributed by atoms with van der Waals surface area (Å²) in [4.78, 5) is 3.18. The SMILES string of the molecule is O=S(=O)(c1ccc(F)cc1)C12CCCC1CCc1nc(C(F)(C(F)(F)F)C(F)(F)F)ccc12. The maximum atomic E-state index is 14.5. The standard InChI is InChI=1S/C21H17F8NO2S/c22-13-4-6-14(7-5-13)33(31,32)18-11-1-2-12(18)3-9-16-15(18)8-10-17(30-16)19(23,20(24,25)26)21(27,28)29/h4-8,10,12H,1-3,9,11H2. The van der Waals surface area contributed by atoms with Gasteiger partial charge in [0, 0.05) is 5.69 Å². The molecule has 2 aliphatic rings. The smallest absolute Gasteiger partial charge is 0.253 e. The Labute approximate surface area is 183 Å². The van der Waals surface area contributed by atoms with Crippen molar-refractivity contribution in [2.45, 2.75) is 59.8 Å². The number of aryl methyl sites for hydroxylation is 1. The van der Waals surface area contributed by atoms with E-state index in [0.29, 0.717) is 12.8 Å². The van der Waals surface area contributed by atoms with E-state index in [-0.39, 0.29) is 41.5 Å². The van der Waals surface area contributed by atoms with Crippen LogP contribution in [0.3, 0.4) is 0 Å². The molecule has 0 saturated heterocycles. The zero-order chi connectivity index (χ0) is 24.4. The highest BCUT2D eigenvalue weighted by molar-refractivity contribution is 7.92. The van der Waals surface area contributed by atoms with E-state index in [1.54, 1.807) is 0 Å². The first kappa shape index (κ1) is 23.9. The fourth-order valence-corrected chi connectivity index (χ4v) is 7.61. The van der Waals surface area contributed by atoms with Gasteiger partial charge in [0.15, 0.2) is 9.84 Å². The van der Waals surface area contributed by atoms with Crippen LogP contribution in [0.4, 0.5) is 35.1 Å². The van der Waals surface area contributed by atoms with Crippen LogP contribution in [-0.2, 0) is 26.7 Å². The van der Waals surface area contributed by atoms with Crippen molar-refractivity contribution in [3.63, 3.8) is 0 Å². The number of nitrogens with zero attached hydrogens (tertiary/aromatic N) is 1. The van der Waals surface area contributed by atoms with Crippen molar-refractivity contribution in [1.82, 2.24) is 4.98 Å². The molecule has 2 aromatic rings. The van der Waals surface area contributed by atoms with Crippen LogP contribution in [0.1, 0.15) is 42.6 Å². The van der Waals surface area contributed by atoms with Crippen molar-refractivity contribution in [1.29, 1.82) is 0 Å². The topological polar surface area (TPSA) is 47.0 Å². The second-order valence-electron chi connectivity index (χ2n) is 8.32. The quantitative estimate of drug-likeness (QED) is 0.389. The van der Waals surface area contributed by atoms with Gasteiger partial charge in [0.2, 0.25) is 0 Å². The number of halogens is 8. The molecule has 0 amide bonds. The van der Waals surface area contributed by atoms with E-state index in [2.05, 4.69) is 4.98 Å². The van der Waals surface area contributed by atoms with Gasteiger partial charge in [-0.3, -0.25) is 4.98 Å². The van der Waals surface area contributed by atoms with Crippen LogP contribution in [0.15, 0.2) is 41.3 Å². The van der Waals surface area contributed by atoms with Crippen LogP contribution in [0.2, 0.25) is 0 Å². The molecule has 0 bridgehead atoms. The highest BCUT2D eigenvalue weighted by Gasteiger charge is 2.74. The molecule has 33 heavy (non-hydrogen) atoms. The van der Waals surface area contributed by atoms with Gasteiger partial charge in [-0.2, -0.15) is 26.3 Å². The average molecular weight is 499 g/mol. The summed E-state index contributed by atoms with van der Waals surface area (Å²) in [5.74, 6) is -1.14.